The topological polar surface area (TPSA) is 69.0 Å². The van der Waals surface area contributed by atoms with Gasteiger partial charge in [0.15, 0.2) is 0 Å². The Hall–Kier alpha value is -3.00. The second-order valence-corrected chi connectivity index (χ2v) is 7.57. The van der Waals surface area contributed by atoms with E-state index in [2.05, 4.69) is 29.7 Å². The van der Waals surface area contributed by atoms with Gasteiger partial charge in [-0.1, -0.05) is 22.7 Å². The van der Waals surface area contributed by atoms with E-state index in [-0.39, 0.29) is 21.8 Å². The third-order valence-electron chi connectivity index (χ3n) is 3.39. The summed E-state index contributed by atoms with van der Waals surface area (Å²) in [5.74, 6) is -0.768. The highest BCUT2D eigenvalue weighted by atomic mass is 32.1. The van der Waals surface area contributed by atoms with Crippen molar-refractivity contribution in [3.05, 3.63) is 36.4 Å². The SMILES string of the molecule is FC(F)(F)Oc1ccc2nc(/N=N/c3nc4ccc(OC(F)(F)F)cc4s3)sc2c1. The Bertz CT molecular complexity index is 1150. The Morgan fingerprint density at radius 3 is 1.43 bits per heavy atom. The van der Waals surface area contributed by atoms with Crippen molar-refractivity contribution >= 4 is 53.4 Å². The van der Waals surface area contributed by atoms with Crippen molar-refractivity contribution in [3.63, 3.8) is 0 Å². The van der Waals surface area contributed by atoms with Gasteiger partial charge in [-0.3, -0.25) is 0 Å². The van der Waals surface area contributed by atoms with Crippen LogP contribution in [0.3, 0.4) is 0 Å². The lowest BCUT2D eigenvalue weighted by Gasteiger charge is -2.07. The van der Waals surface area contributed by atoms with Crippen LogP contribution in [0.2, 0.25) is 0 Å². The molecule has 30 heavy (non-hydrogen) atoms. The van der Waals surface area contributed by atoms with Gasteiger partial charge in [0.05, 0.1) is 20.4 Å². The lowest BCUT2D eigenvalue weighted by Crippen LogP contribution is -2.16. The number of alkyl halides is 6. The molecule has 4 aromatic rings. The normalized spacial score (nSPS) is 12.9. The fourth-order valence-electron chi connectivity index (χ4n) is 2.35. The molecule has 0 N–H and O–H groups in total. The quantitative estimate of drug-likeness (QED) is 0.238. The van der Waals surface area contributed by atoms with Crippen LogP contribution in [-0.4, -0.2) is 22.7 Å². The molecular weight excluding hydrogens is 458 g/mol. The van der Waals surface area contributed by atoms with Gasteiger partial charge in [0.25, 0.3) is 0 Å². The molecule has 0 spiro atoms. The van der Waals surface area contributed by atoms with Crippen LogP contribution in [0, 0.1) is 0 Å². The first-order chi connectivity index (χ1) is 14.0. The fourth-order valence-corrected chi connectivity index (χ4v) is 3.98. The van der Waals surface area contributed by atoms with E-state index in [0.717, 1.165) is 34.8 Å². The van der Waals surface area contributed by atoms with Gasteiger partial charge < -0.3 is 9.47 Å². The van der Waals surface area contributed by atoms with E-state index in [1.54, 1.807) is 0 Å². The minimum absolute atomic E-state index is 0.162. The van der Waals surface area contributed by atoms with Crippen LogP contribution in [0.1, 0.15) is 0 Å². The molecule has 0 bridgehead atoms. The highest BCUT2D eigenvalue weighted by Gasteiger charge is 2.32. The van der Waals surface area contributed by atoms with Gasteiger partial charge >= 0.3 is 12.7 Å². The largest absolute Gasteiger partial charge is 0.573 e. The monoisotopic (exact) mass is 464 g/mol. The van der Waals surface area contributed by atoms with Crippen molar-refractivity contribution < 1.29 is 35.8 Å². The second kappa shape index (κ2) is 7.36. The first kappa shape index (κ1) is 20.3. The maximum atomic E-state index is 12.3. The van der Waals surface area contributed by atoms with Crippen LogP contribution in [0.15, 0.2) is 46.6 Å². The van der Waals surface area contributed by atoms with E-state index >= 15 is 0 Å². The number of hydrogen-bond donors (Lipinski definition) is 0. The maximum absolute atomic E-state index is 12.3. The number of benzene rings is 2. The van der Waals surface area contributed by atoms with Gasteiger partial charge in [-0.2, -0.15) is 0 Å². The lowest BCUT2D eigenvalue weighted by molar-refractivity contribution is -0.275. The molecule has 0 saturated carbocycles. The van der Waals surface area contributed by atoms with Crippen LogP contribution in [0.4, 0.5) is 36.6 Å². The van der Waals surface area contributed by atoms with Crippen molar-refractivity contribution in [2.24, 2.45) is 10.2 Å². The average molecular weight is 464 g/mol. The first-order valence-corrected chi connectivity index (χ1v) is 9.42. The zero-order valence-electron chi connectivity index (χ0n) is 14.2. The molecule has 2 aromatic carbocycles. The zero-order chi connectivity index (χ0) is 21.5. The number of rotatable bonds is 4. The molecule has 0 aliphatic carbocycles. The van der Waals surface area contributed by atoms with Gasteiger partial charge in [-0.25, -0.2) is 9.97 Å². The van der Waals surface area contributed by atoms with Crippen LogP contribution in [0.5, 0.6) is 11.5 Å². The van der Waals surface area contributed by atoms with Crippen LogP contribution < -0.4 is 9.47 Å². The summed E-state index contributed by atoms with van der Waals surface area (Å²) in [5.41, 5.74) is 0.809. The minimum atomic E-state index is -4.81. The molecule has 0 amide bonds. The summed E-state index contributed by atoms with van der Waals surface area (Å²) in [6, 6.07) is 7.32. The minimum Gasteiger partial charge on any atom is -0.406 e. The van der Waals surface area contributed by atoms with Crippen molar-refractivity contribution in [2.75, 3.05) is 0 Å². The second-order valence-electron chi connectivity index (χ2n) is 5.55. The van der Waals surface area contributed by atoms with E-state index in [0.29, 0.717) is 20.4 Å². The third-order valence-corrected chi connectivity index (χ3v) is 5.19. The lowest BCUT2D eigenvalue weighted by atomic mass is 10.3. The number of hydrogen-bond acceptors (Lipinski definition) is 8. The Balaban J connectivity index is 1.55. The Morgan fingerprint density at radius 2 is 1.07 bits per heavy atom. The molecule has 0 unspecified atom stereocenters. The molecule has 0 aliphatic rings. The van der Waals surface area contributed by atoms with Gasteiger partial charge in [0.1, 0.15) is 11.5 Å². The summed E-state index contributed by atoms with van der Waals surface area (Å²) in [5, 5.41) is 8.13. The summed E-state index contributed by atoms with van der Waals surface area (Å²) in [6.07, 6.45) is -9.61. The number of nitrogens with zero attached hydrogens (tertiary/aromatic N) is 4. The molecule has 2 aromatic heterocycles. The average Bonchev–Trinajstić information content (AvgIpc) is 3.19. The van der Waals surface area contributed by atoms with Crippen molar-refractivity contribution in [1.82, 2.24) is 9.97 Å². The summed E-state index contributed by atoms with van der Waals surface area (Å²) in [7, 11) is 0. The summed E-state index contributed by atoms with van der Waals surface area (Å²) in [6.45, 7) is 0. The number of thiazole rings is 2. The molecule has 6 nitrogen and oxygen atoms in total. The Morgan fingerprint density at radius 1 is 0.667 bits per heavy atom. The summed E-state index contributed by atoms with van der Waals surface area (Å²) < 4.78 is 82.4. The van der Waals surface area contributed by atoms with E-state index < -0.39 is 12.7 Å². The van der Waals surface area contributed by atoms with E-state index in [9.17, 15) is 26.3 Å². The Labute approximate surface area is 170 Å². The maximum Gasteiger partial charge on any atom is 0.573 e. The molecule has 14 heteroatoms. The molecule has 2 heterocycles. The number of aromatic nitrogens is 2. The molecule has 0 radical (unpaired) electrons. The number of halogens is 6. The van der Waals surface area contributed by atoms with E-state index in [1.165, 1.54) is 24.3 Å². The third kappa shape index (κ3) is 4.94. The standard InChI is InChI=1S/C16H6F6N4O2S2/c17-15(18,19)27-7-1-3-9-11(5-7)29-13(23-9)25-26-14-24-10-4-2-8(6-12(10)30-14)28-16(20,21)22/h1-6H/b26-25+. The molecule has 0 saturated heterocycles. The van der Waals surface area contributed by atoms with Gasteiger partial charge in [0, 0.05) is 12.1 Å². The summed E-state index contributed by atoms with van der Waals surface area (Å²) >= 11 is 1.97. The van der Waals surface area contributed by atoms with Crippen molar-refractivity contribution in [1.29, 1.82) is 0 Å². The molecule has 0 atom stereocenters. The number of fused-ring (bicyclic) bond motifs is 2. The highest BCUT2D eigenvalue weighted by Crippen LogP contribution is 2.36. The molecular formula is C16H6F6N4O2S2. The number of azo groups is 1. The van der Waals surface area contributed by atoms with Gasteiger partial charge in [0.2, 0.25) is 10.3 Å². The molecule has 0 fully saturated rings. The van der Waals surface area contributed by atoms with Crippen molar-refractivity contribution in [2.45, 2.75) is 12.7 Å². The summed E-state index contributed by atoms with van der Waals surface area (Å²) in [4.78, 5) is 8.25. The molecule has 4 rings (SSSR count). The fraction of sp³-hybridized carbons (Fsp3) is 0.125. The highest BCUT2D eigenvalue weighted by molar-refractivity contribution is 7.22. The van der Waals surface area contributed by atoms with Crippen LogP contribution in [0.25, 0.3) is 20.4 Å². The van der Waals surface area contributed by atoms with E-state index in [4.69, 9.17) is 0 Å². The van der Waals surface area contributed by atoms with Gasteiger partial charge in [-0.05, 0) is 24.3 Å². The number of ether oxygens (including phenoxy) is 2. The molecule has 0 aliphatic heterocycles. The van der Waals surface area contributed by atoms with Crippen LogP contribution in [-0.2, 0) is 0 Å². The van der Waals surface area contributed by atoms with Crippen molar-refractivity contribution in [3.8, 4) is 11.5 Å². The van der Waals surface area contributed by atoms with Gasteiger partial charge in [-0.15, -0.1) is 36.6 Å². The first-order valence-electron chi connectivity index (χ1n) is 7.78. The van der Waals surface area contributed by atoms with Crippen LogP contribution >= 0.6 is 22.7 Å². The zero-order valence-corrected chi connectivity index (χ0v) is 15.8. The predicted octanol–water partition coefficient (Wildman–Crippen LogP) is 7.12. The predicted molar refractivity (Wildman–Crippen MR) is 96.8 cm³/mol. The molecule has 156 valence electrons. The van der Waals surface area contributed by atoms with E-state index in [1.807, 2.05) is 0 Å². The Kier molecular flexibility index (Phi) is 4.97. The smallest absolute Gasteiger partial charge is 0.406 e.